The monoisotopic (exact) mass is 251 g/mol. The van der Waals surface area contributed by atoms with Gasteiger partial charge in [-0.05, 0) is 38.9 Å². The third-order valence-electron chi connectivity index (χ3n) is 3.22. The van der Waals surface area contributed by atoms with E-state index in [1.54, 1.807) is 0 Å². The Balaban J connectivity index is 2.61. The van der Waals surface area contributed by atoms with Crippen molar-refractivity contribution in [1.29, 1.82) is 0 Å². The molecule has 0 aliphatic rings. The van der Waals surface area contributed by atoms with Gasteiger partial charge in [-0.3, -0.25) is 4.79 Å². The van der Waals surface area contributed by atoms with E-state index in [4.69, 9.17) is 0 Å². The normalized spacial score (nSPS) is 12.4. The van der Waals surface area contributed by atoms with E-state index in [9.17, 15) is 4.79 Å². The summed E-state index contributed by atoms with van der Waals surface area (Å²) in [5, 5.41) is 3.36. The molecule has 4 heteroatoms. The van der Waals surface area contributed by atoms with Crippen LogP contribution in [0.4, 0.5) is 0 Å². The summed E-state index contributed by atoms with van der Waals surface area (Å²) in [6, 6.07) is 2.41. The maximum absolute atomic E-state index is 12.0. The molecule has 0 fully saturated rings. The molecule has 1 amide bonds. The molecule has 0 radical (unpaired) electrons. The summed E-state index contributed by atoms with van der Waals surface area (Å²) in [6.45, 7) is 11.2. The molecule has 0 bridgehead atoms. The van der Waals surface area contributed by atoms with Crippen LogP contribution < -0.4 is 5.32 Å². The van der Waals surface area contributed by atoms with E-state index in [1.165, 1.54) is 5.56 Å². The molecule has 102 valence electrons. The first-order chi connectivity index (χ1) is 8.62. The summed E-state index contributed by atoms with van der Waals surface area (Å²) in [7, 11) is 0. The Bertz CT molecular complexity index is 369. The molecule has 0 aliphatic heterocycles. The highest BCUT2D eigenvalue weighted by atomic mass is 16.2. The minimum Gasteiger partial charge on any atom is -0.345 e. The average molecular weight is 251 g/mol. The lowest BCUT2D eigenvalue weighted by molar-refractivity contribution is -0.131. The number of hydrogen-bond acceptors (Lipinski definition) is 2. The average Bonchev–Trinajstić information content (AvgIpc) is 2.79. The summed E-state index contributed by atoms with van der Waals surface area (Å²) in [5.74, 6) is 0.179. The first kappa shape index (κ1) is 14.8. The van der Waals surface area contributed by atoms with Gasteiger partial charge in [0.15, 0.2) is 0 Å². The van der Waals surface area contributed by atoms with E-state index in [1.807, 2.05) is 29.5 Å². The van der Waals surface area contributed by atoms with Crippen molar-refractivity contribution < 1.29 is 4.79 Å². The Morgan fingerprint density at radius 2 is 2.06 bits per heavy atom. The molecule has 18 heavy (non-hydrogen) atoms. The fourth-order valence-corrected chi connectivity index (χ4v) is 2.07. The zero-order valence-corrected chi connectivity index (χ0v) is 11.9. The zero-order chi connectivity index (χ0) is 13.5. The molecule has 0 saturated carbocycles. The lowest BCUT2D eigenvalue weighted by Gasteiger charge is -2.18. The second-order valence-corrected chi connectivity index (χ2v) is 4.46. The van der Waals surface area contributed by atoms with Crippen molar-refractivity contribution in [3.8, 4) is 0 Å². The fraction of sp³-hybridized carbons (Fsp3) is 0.643. The van der Waals surface area contributed by atoms with Gasteiger partial charge in [0, 0.05) is 31.5 Å². The van der Waals surface area contributed by atoms with Gasteiger partial charge in [0.25, 0.3) is 0 Å². The first-order valence-corrected chi connectivity index (χ1v) is 6.79. The molecule has 1 atom stereocenters. The van der Waals surface area contributed by atoms with Gasteiger partial charge < -0.3 is 14.8 Å². The van der Waals surface area contributed by atoms with Crippen LogP contribution >= 0.6 is 0 Å². The number of rotatable bonds is 7. The van der Waals surface area contributed by atoms with Crippen molar-refractivity contribution in [2.45, 2.75) is 40.3 Å². The van der Waals surface area contributed by atoms with Gasteiger partial charge in [0.1, 0.15) is 6.54 Å². The van der Waals surface area contributed by atoms with Gasteiger partial charge in [-0.15, -0.1) is 0 Å². The molecule has 1 aromatic heterocycles. The number of amides is 1. The number of likely N-dealkylation sites (N-methyl/N-ethyl adjacent to an activating group) is 1. The van der Waals surface area contributed by atoms with Gasteiger partial charge in [-0.25, -0.2) is 0 Å². The molecule has 1 heterocycles. The van der Waals surface area contributed by atoms with Gasteiger partial charge in [-0.2, -0.15) is 0 Å². The minimum atomic E-state index is 0.179. The number of aromatic nitrogens is 1. The molecule has 1 rings (SSSR count). The second kappa shape index (κ2) is 7.21. The highest BCUT2D eigenvalue weighted by Gasteiger charge is 2.11. The van der Waals surface area contributed by atoms with E-state index in [0.717, 1.165) is 19.6 Å². The first-order valence-electron chi connectivity index (χ1n) is 6.79. The van der Waals surface area contributed by atoms with Crippen LogP contribution in [0.5, 0.6) is 0 Å². The number of nitrogens with zero attached hydrogens (tertiary/aromatic N) is 2. The Kier molecular flexibility index (Phi) is 5.92. The third-order valence-corrected chi connectivity index (χ3v) is 3.22. The quantitative estimate of drug-likeness (QED) is 0.805. The summed E-state index contributed by atoms with van der Waals surface area (Å²) in [5.41, 5.74) is 1.23. The van der Waals surface area contributed by atoms with Crippen LogP contribution in [0.1, 0.15) is 39.3 Å². The third kappa shape index (κ3) is 3.88. The lowest BCUT2D eigenvalue weighted by Crippen LogP contribution is -2.33. The van der Waals surface area contributed by atoms with Gasteiger partial charge in [0.05, 0.1) is 0 Å². The van der Waals surface area contributed by atoms with Crippen LogP contribution in [-0.2, 0) is 11.3 Å². The Hall–Kier alpha value is -1.29. The minimum absolute atomic E-state index is 0.179. The van der Waals surface area contributed by atoms with Crippen molar-refractivity contribution in [3.05, 3.63) is 24.0 Å². The zero-order valence-electron chi connectivity index (χ0n) is 11.9. The standard InChI is InChI=1S/C14H25N3O/c1-5-15-12(4)13-8-9-16(10-13)11-14(18)17(6-2)7-3/h8-10,12,15H,5-7,11H2,1-4H3. The van der Waals surface area contributed by atoms with Crippen LogP contribution in [0.2, 0.25) is 0 Å². The SMILES string of the molecule is CCNC(C)c1ccn(CC(=O)N(CC)CC)c1. The summed E-state index contributed by atoms with van der Waals surface area (Å²) in [6.07, 6.45) is 4.03. The molecule has 0 saturated heterocycles. The van der Waals surface area contributed by atoms with Crippen molar-refractivity contribution in [2.24, 2.45) is 0 Å². The summed E-state index contributed by atoms with van der Waals surface area (Å²) < 4.78 is 1.96. The Morgan fingerprint density at radius 3 is 2.61 bits per heavy atom. The van der Waals surface area contributed by atoms with Crippen molar-refractivity contribution >= 4 is 5.91 Å². The van der Waals surface area contributed by atoms with Gasteiger partial charge in [0.2, 0.25) is 5.91 Å². The summed E-state index contributed by atoms with van der Waals surface area (Å²) in [4.78, 5) is 13.8. The van der Waals surface area contributed by atoms with Crippen LogP contribution in [0, 0.1) is 0 Å². The van der Waals surface area contributed by atoms with Crippen molar-refractivity contribution in [3.63, 3.8) is 0 Å². The molecule has 0 spiro atoms. The Labute approximate surface area is 110 Å². The number of nitrogens with one attached hydrogen (secondary N) is 1. The molecular formula is C14H25N3O. The Morgan fingerprint density at radius 1 is 1.39 bits per heavy atom. The van der Waals surface area contributed by atoms with E-state index in [-0.39, 0.29) is 5.91 Å². The second-order valence-electron chi connectivity index (χ2n) is 4.46. The van der Waals surface area contributed by atoms with Crippen molar-refractivity contribution in [2.75, 3.05) is 19.6 Å². The van der Waals surface area contributed by atoms with Crippen LogP contribution in [0.25, 0.3) is 0 Å². The summed E-state index contributed by atoms with van der Waals surface area (Å²) >= 11 is 0. The molecule has 4 nitrogen and oxygen atoms in total. The van der Waals surface area contributed by atoms with Crippen LogP contribution in [0.3, 0.4) is 0 Å². The van der Waals surface area contributed by atoms with Crippen LogP contribution in [0.15, 0.2) is 18.5 Å². The lowest BCUT2D eigenvalue weighted by atomic mass is 10.2. The molecule has 0 aliphatic carbocycles. The predicted molar refractivity (Wildman–Crippen MR) is 74.5 cm³/mol. The van der Waals surface area contributed by atoms with Gasteiger partial charge >= 0.3 is 0 Å². The highest BCUT2D eigenvalue weighted by Crippen LogP contribution is 2.12. The van der Waals surface area contributed by atoms with Crippen LogP contribution in [-0.4, -0.2) is 35.0 Å². The number of carbonyl (C=O) groups excluding carboxylic acids is 1. The van der Waals surface area contributed by atoms with Crippen molar-refractivity contribution in [1.82, 2.24) is 14.8 Å². The predicted octanol–water partition coefficient (Wildman–Crippen LogP) is 2.03. The maximum Gasteiger partial charge on any atom is 0.242 e. The van der Waals surface area contributed by atoms with E-state index in [0.29, 0.717) is 12.6 Å². The maximum atomic E-state index is 12.0. The van der Waals surface area contributed by atoms with E-state index in [2.05, 4.69) is 31.4 Å². The topological polar surface area (TPSA) is 37.3 Å². The molecule has 1 unspecified atom stereocenters. The number of hydrogen-bond donors (Lipinski definition) is 1. The molecule has 1 aromatic rings. The fourth-order valence-electron chi connectivity index (χ4n) is 2.07. The smallest absolute Gasteiger partial charge is 0.242 e. The molecular weight excluding hydrogens is 226 g/mol. The highest BCUT2D eigenvalue weighted by molar-refractivity contribution is 5.75. The van der Waals surface area contributed by atoms with E-state index < -0.39 is 0 Å². The number of carbonyl (C=O) groups is 1. The molecule has 0 aromatic carbocycles. The largest absolute Gasteiger partial charge is 0.345 e. The molecule has 1 N–H and O–H groups in total. The van der Waals surface area contributed by atoms with Gasteiger partial charge in [-0.1, -0.05) is 6.92 Å². The van der Waals surface area contributed by atoms with E-state index >= 15 is 0 Å².